The summed E-state index contributed by atoms with van der Waals surface area (Å²) in [6.07, 6.45) is 1.94. The summed E-state index contributed by atoms with van der Waals surface area (Å²) in [5, 5.41) is 23.6. The number of aromatic hydroxyl groups is 1. The lowest BCUT2D eigenvalue weighted by Gasteiger charge is -2.19. The Balaban J connectivity index is 2.05. The monoisotopic (exact) mass is 245 g/mol. The van der Waals surface area contributed by atoms with E-state index >= 15 is 0 Å². The average Bonchev–Trinajstić information content (AvgIpc) is 2.82. The lowest BCUT2D eigenvalue weighted by atomic mass is 10.0. The van der Waals surface area contributed by atoms with Crippen molar-refractivity contribution in [2.45, 2.75) is 25.3 Å². The first kappa shape index (κ1) is 11.2. The molecule has 0 fully saturated rings. The fraction of sp³-hybridized carbons (Fsp3) is 0.385. The highest BCUT2D eigenvalue weighted by Gasteiger charge is 2.24. The molecule has 2 heterocycles. The normalized spacial score (nSPS) is 18.6. The zero-order valence-corrected chi connectivity index (χ0v) is 9.95. The summed E-state index contributed by atoms with van der Waals surface area (Å²) in [5.74, 6) is 1.59. The van der Waals surface area contributed by atoms with Gasteiger partial charge < -0.3 is 10.2 Å². The smallest absolute Gasteiger partial charge is 0.185 e. The topological polar surface area (TPSA) is 71.2 Å². The van der Waals surface area contributed by atoms with Gasteiger partial charge in [0.25, 0.3) is 0 Å². The Morgan fingerprint density at radius 3 is 2.94 bits per heavy atom. The summed E-state index contributed by atoms with van der Waals surface area (Å²) in [4.78, 5) is 4.47. The Kier molecular flexibility index (Phi) is 2.76. The van der Waals surface area contributed by atoms with Crippen LogP contribution in [-0.4, -0.2) is 31.6 Å². The van der Waals surface area contributed by atoms with Crippen LogP contribution in [0.3, 0.4) is 0 Å². The van der Waals surface area contributed by atoms with Crippen LogP contribution in [0.25, 0.3) is 11.4 Å². The Morgan fingerprint density at radius 1 is 1.33 bits per heavy atom. The Labute approximate surface area is 105 Å². The van der Waals surface area contributed by atoms with Gasteiger partial charge in [0.2, 0.25) is 0 Å². The summed E-state index contributed by atoms with van der Waals surface area (Å²) in [6, 6.07) is 7.04. The third-order valence-corrected chi connectivity index (χ3v) is 3.35. The molecule has 1 atom stereocenters. The quantitative estimate of drug-likeness (QED) is 0.841. The van der Waals surface area contributed by atoms with Gasteiger partial charge in [0.05, 0.1) is 12.2 Å². The number of fused-ring (bicyclic) bond motifs is 1. The van der Waals surface area contributed by atoms with Gasteiger partial charge in [0.1, 0.15) is 11.6 Å². The number of rotatable bonds is 2. The number of aromatic nitrogens is 3. The summed E-state index contributed by atoms with van der Waals surface area (Å²) in [5.41, 5.74) is 0.635. The van der Waals surface area contributed by atoms with Gasteiger partial charge in [-0.1, -0.05) is 12.1 Å². The van der Waals surface area contributed by atoms with Crippen LogP contribution in [0.1, 0.15) is 24.6 Å². The maximum atomic E-state index is 9.81. The predicted molar refractivity (Wildman–Crippen MR) is 66.2 cm³/mol. The van der Waals surface area contributed by atoms with Crippen molar-refractivity contribution in [1.29, 1.82) is 0 Å². The van der Waals surface area contributed by atoms with Gasteiger partial charge in [0.15, 0.2) is 5.82 Å². The molecule has 1 aliphatic heterocycles. The van der Waals surface area contributed by atoms with Crippen LogP contribution >= 0.6 is 0 Å². The molecule has 0 saturated carbocycles. The van der Waals surface area contributed by atoms with Gasteiger partial charge >= 0.3 is 0 Å². The SMILES string of the molecule is OCC1CCCn2nc(-c3ccccc3O)nc21. The summed E-state index contributed by atoms with van der Waals surface area (Å²) < 4.78 is 1.84. The van der Waals surface area contributed by atoms with Gasteiger partial charge in [-0.2, -0.15) is 5.10 Å². The van der Waals surface area contributed by atoms with Crippen LogP contribution in [0.15, 0.2) is 24.3 Å². The van der Waals surface area contributed by atoms with E-state index in [0.717, 1.165) is 25.2 Å². The van der Waals surface area contributed by atoms with E-state index in [1.165, 1.54) is 0 Å². The molecular formula is C13H15N3O2. The molecule has 1 aromatic heterocycles. The maximum Gasteiger partial charge on any atom is 0.185 e. The molecule has 1 aliphatic rings. The van der Waals surface area contributed by atoms with Crippen LogP contribution in [0.2, 0.25) is 0 Å². The Bertz CT molecular complexity index is 565. The van der Waals surface area contributed by atoms with Crippen LogP contribution in [0, 0.1) is 0 Å². The Morgan fingerprint density at radius 2 is 2.17 bits per heavy atom. The molecule has 0 aliphatic carbocycles. The first-order valence-electron chi connectivity index (χ1n) is 6.13. The second kappa shape index (κ2) is 4.42. The van der Waals surface area contributed by atoms with Crippen molar-refractivity contribution < 1.29 is 10.2 Å². The number of aliphatic hydroxyl groups is 1. The van der Waals surface area contributed by atoms with Crippen molar-refractivity contribution in [2.24, 2.45) is 0 Å². The zero-order chi connectivity index (χ0) is 12.5. The molecule has 0 amide bonds. The van der Waals surface area contributed by atoms with Gasteiger partial charge in [-0.05, 0) is 25.0 Å². The van der Waals surface area contributed by atoms with Gasteiger partial charge in [0, 0.05) is 12.5 Å². The highest BCUT2D eigenvalue weighted by Crippen LogP contribution is 2.30. The van der Waals surface area contributed by atoms with Crippen LogP contribution in [0.4, 0.5) is 0 Å². The number of hydrogen-bond donors (Lipinski definition) is 2. The molecule has 0 saturated heterocycles. The third-order valence-electron chi connectivity index (χ3n) is 3.35. The number of aliphatic hydroxyl groups excluding tert-OH is 1. The molecule has 2 aromatic rings. The molecule has 1 aromatic carbocycles. The minimum Gasteiger partial charge on any atom is -0.507 e. The van der Waals surface area contributed by atoms with Crippen molar-refractivity contribution in [2.75, 3.05) is 6.61 Å². The predicted octanol–water partition coefficient (Wildman–Crippen LogP) is 1.52. The van der Waals surface area contributed by atoms with E-state index < -0.39 is 0 Å². The highest BCUT2D eigenvalue weighted by molar-refractivity contribution is 5.63. The number of benzene rings is 1. The second-order valence-corrected chi connectivity index (χ2v) is 4.56. The fourth-order valence-electron chi connectivity index (χ4n) is 2.39. The van der Waals surface area contributed by atoms with Gasteiger partial charge in [-0.15, -0.1) is 0 Å². The van der Waals surface area contributed by atoms with E-state index in [4.69, 9.17) is 0 Å². The average molecular weight is 245 g/mol. The molecule has 2 N–H and O–H groups in total. The first-order chi connectivity index (χ1) is 8.79. The van der Waals surface area contributed by atoms with Crippen molar-refractivity contribution in [1.82, 2.24) is 14.8 Å². The number of aryl methyl sites for hydroxylation is 1. The van der Waals surface area contributed by atoms with E-state index in [9.17, 15) is 10.2 Å². The summed E-state index contributed by atoms with van der Waals surface area (Å²) >= 11 is 0. The highest BCUT2D eigenvalue weighted by atomic mass is 16.3. The van der Waals surface area contributed by atoms with Crippen molar-refractivity contribution in [3.05, 3.63) is 30.1 Å². The second-order valence-electron chi connectivity index (χ2n) is 4.56. The van der Waals surface area contributed by atoms with E-state index in [0.29, 0.717) is 11.4 Å². The molecule has 0 bridgehead atoms. The molecule has 0 spiro atoms. The van der Waals surface area contributed by atoms with Crippen LogP contribution in [-0.2, 0) is 6.54 Å². The number of nitrogens with zero attached hydrogens (tertiary/aromatic N) is 3. The van der Waals surface area contributed by atoms with Crippen LogP contribution in [0.5, 0.6) is 5.75 Å². The van der Waals surface area contributed by atoms with E-state index in [1.54, 1.807) is 18.2 Å². The Hall–Kier alpha value is -1.88. The molecule has 0 radical (unpaired) electrons. The van der Waals surface area contributed by atoms with Crippen molar-refractivity contribution >= 4 is 0 Å². The lowest BCUT2D eigenvalue weighted by Crippen LogP contribution is -2.19. The lowest BCUT2D eigenvalue weighted by molar-refractivity contribution is 0.234. The molecule has 3 rings (SSSR count). The summed E-state index contributed by atoms with van der Waals surface area (Å²) in [7, 11) is 0. The number of para-hydroxylation sites is 1. The van der Waals surface area contributed by atoms with Crippen molar-refractivity contribution in [3.63, 3.8) is 0 Å². The van der Waals surface area contributed by atoms with Crippen molar-refractivity contribution in [3.8, 4) is 17.1 Å². The van der Waals surface area contributed by atoms with Gasteiger partial charge in [-0.3, -0.25) is 0 Å². The van der Waals surface area contributed by atoms with E-state index in [1.807, 2.05) is 10.7 Å². The minimum atomic E-state index is 0.0610. The number of phenols is 1. The van der Waals surface area contributed by atoms with Crippen LogP contribution < -0.4 is 0 Å². The fourth-order valence-corrected chi connectivity index (χ4v) is 2.39. The van der Waals surface area contributed by atoms with E-state index in [2.05, 4.69) is 10.1 Å². The largest absolute Gasteiger partial charge is 0.507 e. The maximum absolute atomic E-state index is 9.81. The minimum absolute atomic E-state index is 0.0610. The molecule has 1 unspecified atom stereocenters. The number of hydrogen-bond acceptors (Lipinski definition) is 4. The molecule has 18 heavy (non-hydrogen) atoms. The third kappa shape index (κ3) is 1.76. The molecular weight excluding hydrogens is 230 g/mol. The molecule has 5 nitrogen and oxygen atoms in total. The standard InChI is InChI=1S/C13H15N3O2/c17-8-9-4-3-7-16-13(9)14-12(15-16)10-5-1-2-6-11(10)18/h1-2,5-6,9,17-18H,3-4,7-8H2. The van der Waals surface area contributed by atoms with Gasteiger partial charge in [-0.25, -0.2) is 9.67 Å². The molecule has 94 valence electrons. The molecule has 5 heteroatoms. The van der Waals surface area contributed by atoms with E-state index in [-0.39, 0.29) is 18.3 Å². The zero-order valence-electron chi connectivity index (χ0n) is 9.95. The number of phenolic OH excluding ortho intramolecular Hbond substituents is 1. The first-order valence-corrected chi connectivity index (χ1v) is 6.13. The summed E-state index contributed by atoms with van der Waals surface area (Å²) in [6.45, 7) is 0.922.